The Morgan fingerprint density at radius 3 is 3.04 bits per heavy atom. The van der Waals surface area contributed by atoms with Gasteiger partial charge in [0.05, 0.1) is 24.8 Å². The lowest BCUT2D eigenvalue weighted by Gasteiger charge is -2.05. The summed E-state index contributed by atoms with van der Waals surface area (Å²) in [5.74, 6) is 6.87. The maximum absolute atomic E-state index is 11.9. The van der Waals surface area contributed by atoms with E-state index in [-0.39, 0.29) is 6.03 Å². The van der Waals surface area contributed by atoms with Gasteiger partial charge in [-0.2, -0.15) is 0 Å². The quantitative estimate of drug-likeness (QED) is 0.612. The summed E-state index contributed by atoms with van der Waals surface area (Å²) in [5.41, 5.74) is 1.62. The SMILES string of the molecule is Cc1nc(NC(=O)NCCOCC2CC2)sc1C#Cc1cncn1C. The van der Waals surface area contributed by atoms with Crippen molar-refractivity contribution in [2.24, 2.45) is 13.0 Å². The number of nitrogens with zero attached hydrogens (tertiary/aromatic N) is 3. The first kappa shape index (κ1) is 17.5. The van der Waals surface area contributed by atoms with Crippen molar-refractivity contribution in [3.05, 3.63) is 28.8 Å². The van der Waals surface area contributed by atoms with Gasteiger partial charge in [0.1, 0.15) is 10.6 Å². The predicted octanol–water partition coefficient (Wildman–Crippen LogP) is 2.13. The van der Waals surface area contributed by atoms with Gasteiger partial charge < -0.3 is 14.6 Å². The first-order chi connectivity index (χ1) is 12.1. The number of aryl methyl sites for hydroxylation is 2. The summed E-state index contributed by atoms with van der Waals surface area (Å²) in [5, 5.41) is 6.03. The van der Waals surface area contributed by atoms with Crippen molar-refractivity contribution in [2.75, 3.05) is 25.1 Å². The third kappa shape index (κ3) is 5.31. The van der Waals surface area contributed by atoms with Gasteiger partial charge in [-0.15, -0.1) is 0 Å². The molecule has 7 nitrogen and oxygen atoms in total. The summed E-state index contributed by atoms with van der Waals surface area (Å²) >= 11 is 1.35. The second-order valence-corrected chi connectivity index (χ2v) is 6.97. The molecule has 132 valence electrons. The number of ether oxygens (including phenoxy) is 1. The van der Waals surface area contributed by atoms with E-state index in [1.54, 1.807) is 12.5 Å². The molecule has 8 heteroatoms. The molecule has 0 bridgehead atoms. The molecule has 0 aliphatic heterocycles. The van der Waals surface area contributed by atoms with Gasteiger partial charge in [-0.3, -0.25) is 5.32 Å². The fraction of sp³-hybridized carbons (Fsp3) is 0.471. The summed E-state index contributed by atoms with van der Waals surface area (Å²) in [4.78, 5) is 21.1. The number of rotatable bonds is 6. The third-order valence-corrected chi connectivity index (χ3v) is 4.71. The molecule has 2 aromatic heterocycles. The number of thiazole rings is 1. The highest BCUT2D eigenvalue weighted by Crippen LogP contribution is 2.28. The second kappa shape index (κ2) is 8.14. The molecule has 1 saturated carbocycles. The fourth-order valence-corrected chi connectivity index (χ4v) is 2.89. The van der Waals surface area contributed by atoms with Gasteiger partial charge in [0.2, 0.25) is 0 Å². The number of nitrogens with one attached hydrogen (secondary N) is 2. The van der Waals surface area contributed by atoms with Gasteiger partial charge in [-0.25, -0.2) is 14.8 Å². The van der Waals surface area contributed by atoms with Crippen LogP contribution in [-0.2, 0) is 11.8 Å². The minimum Gasteiger partial charge on any atom is -0.379 e. The van der Waals surface area contributed by atoms with Crippen molar-refractivity contribution >= 4 is 22.5 Å². The molecule has 2 aromatic rings. The van der Waals surface area contributed by atoms with Gasteiger partial charge >= 0.3 is 6.03 Å². The van der Waals surface area contributed by atoms with Crippen LogP contribution in [0.1, 0.15) is 29.1 Å². The number of urea groups is 1. The Labute approximate surface area is 150 Å². The molecule has 0 saturated heterocycles. The van der Waals surface area contributed by atoms with E-state index >= 15 is 0 Å². The van der Waals surface area contributed by atoms with E-state index in [9.17, 15) is 4.79 Å². The standard InChI is InChI=1S/C17H21N5O2S/c1-12-15(6-5-14-9-18-11-22(14)2)25-17(20-12)21-16(23)19-7-8-24-10-13-3-4-13/h9,11,13H,3-4,7-8,10H2,1-2H3,(H2,19,20,21,23). The summed E-state index contributed by atoms with van der Waals surface area (Å²) < 4.78 is 7.33. The van der Waals surface area contributed by atoms with Crippen LogP contribution in [0.3, 0.4) is 0 Å². The van der Waals surface area contributed by atoms with Gasteiger partial charge in [-0.1, -0.05) is 11.3 Å². The van der Waals surface area contributed by atoms with Crippen LogP contribution in [-0.4, -0.2) is 40.3 Å². The lowest BCUT2D eigenvalue weighted by molar-refractivity contribution is 0.127. The molecule has 25 heavy (non-hydrogen) atoms. The zero-order valence-corrected chi connectivity index (χ0v) is 15.2. The first-order valence-electron chi connectivity index (χ1n) is 8.20. The van der Waals surface area contributed by atoms with Crippen LogP contribution in [0.25, 0.3) is 0 Å². The number of hydrogen-bond acceptors (Lipinski definition) is 5. The van der Waals surface area contributed by atoms with E-state index in [1.807, 2.05) is 18.5 Å². The Morgan fingerprint density at radius 2 is 2.32 bits per heavy atom. The Morgan fingerprint density at radius 1 is 1.48 bits per heavy atom. The summed E-state index contributed by atoms with van der Waals surface area (Å²) in [6, 6.07) is -0.282. The zero-order valence-electron chi connectivity index (χ0n) is 14.3. The first-order valence-corrected chi connectivity index (χ1v) is 9.02. The van der Waals surface area contributed by atoms with Gasteiger partial charge in [0.15, 0.2) is 5.13 Å². The third-order valence-electron chi connectivity index (χ3n) is 3.72. The highest BCUT2D eigenvalue weighted by Gasteiger charge is 2.20. The normalized spacial score (nSPS) is 13.2. The van der Waals surface area contributed by atoms with Gasteiger partial charge in [0.25, 0.3) is 0 Å². The highest BCUT2D eigenvalue weighted by molar-refractivity contribution is 7.16. The molecule has 0 spiro atoms. The maximum atomic E-state index is 11.9. The molecule has 0 radical (unpaired) electrons. The molecule has 3 rings (SSSR count). The average Bonchev–Trinajstić information content (AvgIpc) is 3.21. The van der Waals surface area contributed by atoms with E-state index in [4.69, 9.17) is 4.74 Å². The summed E-state index contributed by atoms with van der Waals surface area (Å²) in [6.45, 7) is 3.69. The predicted molar refractivity (Wildman–Crippen MR) is 96.6 cm³/mol. The van der Waals surface area contributed by atoms with Crippen molar-refractivity contribution < 1.29 is 9.53 Å². The van der Waals surface area contributed by atoms with Crippen molar-refractivity contribution in [2.45, 2.75) is 19.8 Å². The summed E-state index contributed by atoms with van der Waals surface area (Å²) in [6.07, 6.45) is 5.95. The number of amides is 2. The summed E-state index contributed by atoms with van der Waals surface area (Å²) in [7, 11) is 1.89. The Hall–Kier alpha value is -2.37. The molecule has 1 aliphatic rings. The lowest BCUT2D eigenvalue weighted by atomic mass is 10.3. The molecular formula is C17H21N5O2S. The molecule has 1 fully saturated rings. The van der Waals surface area contributed by atoms with Crippen LogP contribution in [0.4, 0.5) is 9.93 Å². The average molecular weight is 359 g/mol. The van der Waals surface area contributed by atoms with Crippen molar-refractivity contribution in [3.63, 3.8) is 0 Å². The van der Waals surface area contributed by atoms with Crippen LogP contribution in [0.15, 0.2) is 12.5 Å². The Balaban J connectivity index is 1.47. The molecule has 1 aliphatic carbocycles. The van der Waals surface area contributed by atoms with Crippen LogP contribution >= 0.6 is 11.3 Å². The Bertz CT molecular complexity index is 798. The van der Waals surface area contributed by atoms with E-state index in [1.165, 1.54) is 24.2 Å². The highest BCUT2D eigenvalue weighted by atomic mass is 32.1. The number of aromatic nitrogens is 3. The molecular weight excluding hydrogens is 338 g/mol. The number of imidazole rings is 1. The molecule has 2 N–H and O–H groups in total. The smallest absolute Gasteiger partial charge is 0.321 e. The van der Waals surface area contributed by atoms with Gasteiger partial charge in [0, 0.05) is 20.2 Å². The monoisotopic (exact) mass is 359 g/mol. The van der Waals surface area contributed by atoms with Crippen molar-refractivity contribution in [1.29, 1.82) is 0 Å². The van der Waals surface area contributed by atoms with Crippen LogP contribution in [0.2, 0.25) is 0 Å². The van der Waals surface area contributed by atoms with E-state index in [0.29, 0.717) is 18.3 Å². The minimum atomic E-state index is -0.282. The van der Waals surface area contributed by atoms with Gasteiger partial charge in [-0.05, 0) is 37.5 Å². The zero-order chi connectivity index (χ0) is 17.6. The number of carbonyl (C=O) groups is 1. The molecule has 0 aromatic carbocycles. The fourth-order valence-electron chi connectivity index (χ4n) is 2.08. The number of hydrogen-bond donors (Lipinski definition) is 2. The molecule has 2 heterocycles. The Kier molecular flexibility index (Phi) is 5.68. The van der Waals surface area contributed by atoms with Crippen LogP contribution < -0.4 is 10.6 Å². The number of carbonyl (C=O) groups excluding carboxylic acids is 1. The van der Waals surface area contributed by atoms with E-state index in [0.717, 1.165) is 28.8 Å². The van der Waals surface area contributed by atoms with E-state index in [2.05, 4.69) is 32.4 Å². The molecule has 2 amide bonds. The topological polar surface area (TPSA) is 81.1 Å². The van der Waals surface area contributed by atoms with Crippen LogP contribution in [0, 0.1) is 24.7 Å². The maximum Gasteiger partial charge on any atom is 0.321 e. The van der Waals surface area contributed by atoms with Crippen molar-refractivity contribution in [1.82, 2.24) is 19.9 Å². The minimum absolute atomic E-state index is 0.282. The van der Waals surface area contributed by atoms with E-state index < -0.39 is 0 Å². The van der Waals surface area contributed by atoms with Crippen LogP contribution in [0.5, 0.6) is 0 Å². The second-order valence-electron chi connectivity index (χ2n) is 5.97. The molecule has 0 atom stereocenters. The lowest BCUT2D eigenvalue weighted by Crippen LogP contribution is -2.31. The van der Waals surface area contributed by atoms with Crippen molar-refractivity contribution in [3.8, 4) is 11.8 Å². The largest absolute Gasteiger partial charge is 0.379 e. The molecule has 0 unspecified atom stereocenters. The number of anilines is 1.